The van der Waals surface area contributed by atoms with Crippen LogP contribution in [0.3, 0.4) is 0 Å². The van der Waals surface area contributed by atoms with Gasteiger partial charge in [-0.2, -0.15) is 8.75 Å². The third kappa shape index (κ3) is 2.74. The Hall–Kier alpha value is -1.73. The first-order valence-electron chi connectivity index (χ1n) is 5.34. The van der Waals surface area contributed by atoms with Crippen LogP contribution in [-0.4, -0.2) is 26.3 Å². The van der Waals surface area contributed by atoms with Gasteiger partial charge in [0.15, 0.2) is 5.69 Å². The molecule has 0 radical (unpaired) electrons. The molecule has 0 aliphatic carbocycles. The zero-order valence-electron chi connectivity index (χ0n) is 10.0. The fraction of sp³-hybridized carbons (Fsp3) is 0.364. The van der Waals surface area contributed by atoms with Crippen molar-refractivity contribution in [2.75, 3.05) is 6.54 Å². The van der Waals surface area contributed by atoms with E-state index in [1.54, 1.807) is 26.0 Å². The summed E-state index contributed by atoms with van der Waals surface area (Å²) >= 11 is 0.959. The minimum Gasteiger partial charge on any atom is -0.463 e. The van der Waals surface area contributed by atoms with Gasteiger partial charge in [-0.3, -0.25) is 4.79 Å². The van der Waals surface area contributed by atoms with E-state index < -0.39 is 5.60 Å². The molecule has 7 heteroatoms. The molecule has 0 aromatic carbocycles. The second-order valence-electron chi connectivity index (χ2n) is 4.16. The molecular weight excluding hydrogens is 254 g/mol. The van der Waals surface area contributed by atoms with E-state index in [0.717, 1.165) is 11.7 Å². The second kappa shape index (κ2) is 4.87. The number of aryl methyl sites for hydroxylation is 1. The molecule has 0 saturated heterocycles. The van der Waals surface area contributed by atoms with E-state index in [4.69, 9.17) is 4.42 Å². The average Bonchev–Trinajstić information content (AvgIpc) is 2.96. The Morgan fingerprint density at radius 1 is 1.61 bits per heavy atom. The monoisotopic (exact) mass is 267 g/mol. The van der Waals surface area contributed by atoms with Crippen LogP contribution in [0.2, 0.25) is 0 Å². The van der Waals surface area contributed by atoms with Gasteiger partial charge >= 0.3 is 0 Å². The van der Waals surface area contributed by atoms with Crippen molar-refractivity contribution in [2.24, 2.45) is 0 Å². The van der Waals surface area contributed by atoms with Crippen LogP contribution in [0.1, 0.15) is 28.9 Å². The van der Waals surface area contributed by atoms with Crippen molar-refractivity contribution in [2.45, 2.75) is 19.4 Å². The predicted molar refractivity (Wildman–Crippen MR) is 65.3 cm³/mol. The summed E-state index contributed by atoms with van der Waals surface area (Å²) in [7, 11) is 0. The maximum atomic E-state index is 11.6. The number of hydrogen-bond acceptors (Lipinski definition) is 6. The number of carbonyl (C=O) groups is 1. The average molecular weight is 267 g/mol. The van der Waals surface area contributed by atoms with E-state index in [-0.39, 0.29) is 18.1 Å². The zero-order chi connectivity index (χ0) is 13.2. The van der Waals surface area contributed by atoms with Gasteiger partial charge in [0.2, 0.25) is 0 Å². The molecule has 0 fully saturated rings. The number of amides is 1. The molecule has 2 N–H and O–H groups in total. The molecule has 1 atom stereocenters. The molecule has 2 heterocycles. The summed E-state index contributed by atoms with van der Waals surface area (Å²) in [6, 6.07) is 3.45. The first-order chi connectivity index (χ1) is 8.49. The summed E-state index contributed by atoms with van der Waals surface area (Å²) in [5.41, 5.74) is -1.01. The molecule has 2 aromatic rings. The van der Waals surface area contributed by atoms with E-state index >= 15 is 0 Å². The maximum Gasteiger partial charge on any atom is 0.272 e. The largest absolute Gasteiger partial charge is 0.463 e. The molecular formula is C11H13N3O3S. The van der Waals surface area contributed by atoms with Crippen LogP contribution >= 0.6 is 11.7 Å². The van der Waals surface area contributed by atoms with Gasteiger partial charge in [-0.05, 0) is 26.0 Å². The van der Waals surface area contributed by atoms with E-state index in [1.807, 2.05) is 0 Å². The number of hydrogen-bond donors (Lipinski definition) is 2. The molecule has 1 unspecified atom stereocenters. The minimum absolute atomic E-state index is 0.0380. The third-order valence-electron chi connectivity index (χ3n) is 2.46. The number of rotatable bonds is 4. The molecule has 0 spiro atoms. The van der Waals surface area contributed by atoms with Crippen molar-refractivity contribution in [3.05, 3.63) is 35.5 Å². The Balaban J connectivity index is 1.99. The molecule has 2 rings (SSSR count). The van der Waals surface area contributed by atoms with Gasteiger partial charge in [-0.1, -0.05) is 0 Å². The van der Waals surface area contributed by atoms with Gasteiger partial charge < -0.3 is 14.8 Å². The lowest BCUT2D eigenvalue weighted by molar-refractivity contribution is 0.0323. The standard InChI is InChI=1S/C11H13N3O3S/c1-7-3-4-9(17-7)11(2,16)6-12-10(15)8-5-13-18-14-8/h3-5,16H,6H2,1-2H3,(H,12,15). The van der Waals surface area contributed by atoms with E-state index in [1.165, 1.54) is 6.20 Å². The van der Waals surface area contributed by atoms with Crippen molar-refractivity contribution in [1.29, 1.82) is 0 Å². The summed E-state index contributed by atoms with van der Waals surface area (Å²) in [6.07, 6.45) is 1.38. The molecule has 0 aliphatic heterocycles. The van der Waals surface area contributed by atoms with Gasteiger partial charge in [0.25, 0.3) is 5.91 Å². The molecule has 2 aromatic heterocycles. The topological polar surface area (TPSA) is 88.2 Å². The van der Waals surface area contributed by atoms with Crippen LogP contribution in [0.5, 0.6) is 0 Å². The quantitative estimate of drug-likeness (QED) is 0.865. The van der Waals surface area contributed by atoms with Gasteiger partial charge in [-0.15, -0.1) is 0 Å². The Morgan fingerprint density at radius 3 is 2.94 bits per heavy atom. The van der Waals surface area contributed by atoms with E-state index in [9.17, 15) is 9.90 Å². The molecule has 0 bridgehead atoms. The Kier molecular flexibility index (Phi) is 3.44. The van der Waals surface area contributed by atoms with Crippen molar-refractivity contribution >= 4 is 17.6 Å². The molecule has 18 heavy (non-hydrogen) atoms. The van der Waals surface area contributed by atoms with E-state index in [2.05, 4.69) is 14.1 Å². The number of carbonyl (C=O) groups excluding carboxylic acids is 1. The van der Waals surface area contributed by atoms with Gasteiger partial charge in [-0.25, -0.2) is 0 Å². The number of furan rings is 1. The lowest BCUT2D eigenvalue weighted by atomic mass is 10.0. The van der Waals surface area contributed by atoms with Gasteiger partial charge in [0, 0.05) is 0 Å². The molecule has 0 saturated carbocycles. The Bertz CT molecular complexity index is 533. The number of nitrogens with zero attached hydrogens (tertiary/aromatic N) is 2. The number of aromatic nitrogens is 2. The summed E-state index contributed by atoms with van der Waals surface area (Å²) in [6.45, 7) is 3.40. The lowest BCUT2D eigenvalue weighted by Crippen LogP contribution is -2.38. The number of aliphatic hydroxyl groups is 1. The van der Waals surface area contributed by atoms with Crippen molar-refractivity contribution in [1.82, 2.24) is 14.1 Å². The Labute approximate surface area is 108 Å². The zero-order valence-corrected chi connectivity index (χ0v) is 10.8. The van der Waals surface area contributed by atoms with Crippen molar-refractivity contribution in [3.63, 3.8) is 0 Å². The SMILES string of the molecule is Cc1ccc(C(C)(O)CNC(=O)c2cnsn2)o1. The minimum atomic E-state index is -1.26. The highest BCUT2D eigenvalue weighted by Crippen LogP contribution is 2.21. The number of nitrogens with one attached hydrogen (secondary N) is 1. The second-order valence-corrected chi connectivity index (χ2v) is 4.72. The van der Waals surface area contributed by atoms with Crippen LogP contribution in [0.4, 0.5) is 0 Å². The predicted octanol–water partition coefficient (Wildman–Crippen LogP) is 1.08. The first-order valence-corrected chi connectivity index (χ1v) is 6.07. The fourth-order valence-electron chi connectivity index (χ4n) is 1.42. The third-order valence-corrected chi connectivity index (χ3v) is 2.94. The normalized spacial score (nSPS) is 14.2. The molecule has 0 aliphatic rings. The highest BCUT2D eigenvalue weighted by atomic mass is 32.1. The van der Waals surface area contributed by atoms with Crippen LogP contribution in [0.25, 0.3) is 0 Å². The van der Waals surface area contributed by atoms with Gasteiger partial charge in [0.1, 0.15) is 17.1 Å². The van der Waals surface area contributed by atoms with Crippen molar-refractivity contribution < 1.29 is 14.3 Å². The van der Waals surface area contributed by atoms with Crippen LogP contribution in [-0.2, 0) is 5.60 Å². The van der Waals surface area contributed by atoms with Gasteiger partial charge in [0.05, 0.1) is 24.5 Å². The van der Waals surface area contributed by atoms with Crippen LogP contribution in [0.15, 0.2) is 22.7 Å². The fourth-order valence-corrected chi connectivity index (χ4v) is 1.83. The smallest absolute Gasteiger partial charge is 0.272 e. The highest BCUT2D eigenvalue weighted by Gasteiger charge is 2.27. The highest BCUT2D eigenvalue weighted by molar-refractivity contribution is 6.99. The lowest BCUT2D eigenvalue weighted by Gasteiger charge is -2.20. The maximum absolute atomic E-state index is 11.6. The summed E-state index contributed by atoms with van der Waals surface area (Å²) in [5.74, 6) is 0.754. The van der Waals surface area contributed by atoms with Crippen LogP contribution in [0, 0.1) is 6.92 Å². The summed E-state index contributed by atoms with van der Waals surface area (Å²) in [5, 5.41) is 12.8. The molecule has 6 nitrogen and oxygen atoms in total. The van der Waals surface area contributed by atoms with E-state index in [0.29, 0.717) is 11.5 Å². The molecule has 96 valence electrons. The Morgan fingerprint density at radius 2 is 2.39 bits per heavy atom. The van der Waals surface area contributed by atoms with Crippen molar-refractivity contribution in [3.8, 4) is 0 Å². The summed E-state index contributed by atoms with van der Waals surface area (Å²) in [4.78, 5) is 11.6. The first kappa shape index (κ1) is 12.7. The summed E-state index contributed by atoms with van der Waals surface area (Å²) < 4.78 is 12.9. The van der Waals surface area contributed by atoms with Crippen LogP contribution < -0.4 is 5.32 Å². The molecule has 1 amide bonds.